The van der Waals surface area contributed by atoms with Crippen molar-refractivity contribution in [2.24, 2.45) is 0 Å². The lowest BCUT2D eigenvalue weighted by atomic mass is 10.0. The van der Waals surface area contributed by atoms with E-state index < -0.39 is 5.97 Å². The molecular formula is C19H17NO3S. The Hall–Kier alpha value is -2.53. The van der Waals surface area contributed by atoms with E-state index >= 15 is 0 Å². The molecule has 5 heteroatoms. The van der Waals surface area contributed by atoms with Gasteiger partial charge in [0, 0.05) is 15.8 Å². The number of aryl methyl sites for hydroxylation is 1. The highest BCUT2D eigenvalue weighted by Crippen LogP contribution is 2.30. The van der Waals surface area contributed by atoms with Crippen LogP contribution in [-0.4, -0.2) is 29.4 Å². The van der Waals surface area contributed by atoms with Gasteiger partial charge < -0.3 is 9.84 Å². The molecule has 24 heavy (non-hydrogen) atoms. The molecule has 2 aromatic carbocycles. The monoisotopic (exact) mass is 339 g/mol. The van der Waals surface area contributed by atoms with Crippen LogP contribution in [0.3, 0.4) is 0 Å². The molecule has 0 saturated carbocycles. The van der Waals surface area contributed by atoms with Gasteiger partial charge in [0.2, 0.25) is 0 Å². The molecule has 0 unspecified atom stereocenters. The lowest BCUT2D eigenvalue weighted by Crippen LogP contribution is -2.00. The Morgan fingerprint density at radius 2 is 1.96 bits per heavy atom. The molecule has 3 rings (SSSR count). The Morgan fingerprint density at radius 3 is 2.58 bits per heavy atom. The number of carboxylic acid groups (broad SMARTS) is 1. The topological polar surface area (TPSA) is 59.4 Å². The smallest absolute Gasteiger partial charge is 0.336 e. The van der Waals surface area contributed by atoms with E-state index in [2.05, 4.69) is 4.98 Å². The van der Waals surface area contributed by atoms with Crippen LogP contribution in [0.5, 0.6) is 5.75 Å². The SMILES string of the molecule is COc1ccc(-c2cc(C(=O)O)c3ccc(SC)cc3n2)cc1C. The fourth-order valence-electron chi connectivity index (χ4n) is 2.70. The quantitative estimate of drug-likeness (QED) is 0.702. The first kappa shape index (κ1) is 16.3. The van der Waals surface area contributed by atoms with Gasteiger partial charge in [0.05, 0.1) is 23.9 Å². The van der Waals surface area contributed by atoms with Crippen LogP contribution in [0, 0.1) is 6.92 Å². The predicted octanol–water partition coefficient (Wildman–Crippen LogP) is 4.64. The van der Waals surface area contributed by atoms with E-state index in [-0.39, 0.29) is 5.56 Å². The molecule has 1 N–H and O–H groups in total. The molecule has 0 aliphatic carbocycles. The maximum atomic E-state index is 11.7. The van der Waals surface area contributed by atoms with Crippen LogP contribution < -0.4 is 4.74 Å². The number of fused-ring (bicyclic) bond motifs is 1. The lowest BCUT2D eigenvalue weighted by Gasteiger charge is -2.10. The molecule has 0 aliphatic heterocycles. The second kappa shape index (κ2) is 6.53. The summed E-state index contributed by atoms with van der Waals surface area (Å²) in [6.45, 7) is 1.95. The van der Waals surface area contributed by atoms with Gasteiger partial charge in [-0.3, -0.25) is 0 Å². The zero-order valence-corrected chi connectivity index (χ0v) is 14.5. The van der Waals surface area contributed by atoms with Crippen LogP contribution >= 0.6 is 11.8 Å². The summed E-state index contributed by atoms with van der Waals surface area (Å²) < 4.78 is 5.28. The molecule has 1 heterocycles. The number of ether oxygens (including phenoxy) is 1. The van der Waals surface area contributed by atoms with Gasteiger partial charge in [0.15, 0.2) is 0 Å². The summed E-state index contributed by atoms with van der Waals surface area (Å²) in [5.41, 5.74) is 3.43. The molecular weight excluding hydrogens is 322 g/mol. The fraction of sp³-hybridized carbons (Fsp3) is 0.158. The van der Waals surface area contributed by atoms with Gasteiger partial charge in [0.25, 0.3) is 0 Å². The number of hydrogen-bond acceptors (Lipinski definition) is 4. The van der Waals surface area contributed by atoms with Crippen molar-refractivity contribution >= 4 is 28.6 Å². The highest BCUT2D eigenvalue weighted by Gasteiger charge is 2.14. The zero-order valence-electron chi connectivity index (χ0n) is 13.7. The van der Waals surface area contributed by atoms with E-state index in [1.807, 2.05) is 49.6 Å². The normalized spacial score (nSPS) is 10.8. The molecule has 0 bridgehead atoms. The van der Waals surface area contributed by atoms with Crippen LogP contribution in [0.1, 0.15) is 15.9 Å². The van der Waals surface area contributed by atoms with Gasteiger partial charge in [-0.15, -0.1) is 11.8 Å². The number of hydrogen-bond donors (Lipinski definition) is 1. The highest BCUT2D eigenvalue weighted by atomic mass is 32.2. The van der Waals surface area contributed by atoms with Crippen molar-refractivity contribution in [1.29, 1.82) is 0 Å². The average Bonchev–Trinajstić information content (AvgIpc) is 2.59. The van der Waals surface area contributed by atoms with E-state index in [1.165, 1.54) is 0 Å². The standard InChI is InChI=1S/C19H17NO3S/c1-11-8-12(4-7-18(11)23-2)16-10-15(19(21)22)14-6-5-13(24-3)9-17(14)20-16/h4-10H,1-3H3,(H,21,22). The number of rotatable bonds is 4. The molecule has 0 amide bonds. The van der Waals surface area contributed by atoms with Crippen molar-refractivity contribution in [3.63, 3.8) is 0 Å². The molecule has 122 valence electrons. The van der Waals surface area contributed by atoms with Gasteiger partial charge >= 0.3 is 5.97 Å². The maximum Gasteiger partial charge on any atom is 0.336 e. The third-order valence-electron chi connectivity index (χ3n) is 3.94. The number of aromatic carboxylic acids is 1. The van der Waals surface area contributed by atoms with E-state index in [9.17, 15) is 9.90 Å². The summed E-state index contributed by atoms with van der Waals surface area (Å²) in [5.74, 6) is -0.159. The van der Waals surface area contributed by atoms with Crippen molar-refractivity contribution in [2.45, 2.75) is 11.8 Å². The van der Waals surface area contributed by atoms with Crippen LogP contribution in [0.25, 0.3) is 22.2 Å². The van der Waals surface area contributed by atoms with Crippen LogP contribution in [0.15, 0.2) is 47.4 Å². The summed E-state index contributed by atoms with van der Waals surface area (Å²) in [4.78, 5) is 17.4. The number of aromatic nitrogens is 1. The van der Waals surface area contributed by atoms with Gasteiger partial charge in [0.1, 0.15) is 5.75 Å². The van der Waals surface area contributed by atoms with Gasteiger partial charge in [-0.1, -0.05) is 6.07 Å². The van der Waals surface area contributed by atoms with Gasteiger partial charge in [-0.05, 0) is 55.1 Å². The third kappa shape index (κ3) is 2.95. The largest absolute Gasteiger partial charge is 0.496 e. The minimum Gasteiger partial charge on any atom is -0.496 e. The first-order valence-electron chi connectivity index (χ1n) is 7.40. The molecule has 0 saturated heterocycles. The Labute approximate surface area is 144 Å². The van der Waals surface area contributed by atoms with E-state index in [1.54, 1.807) is 24.9 Å². The number of nitrogens with zero attached hydrogens (tertiary/aromatic N) is 1. The van der Waals surface area contributed by atoms with Crippen molar-refractivity contribution in [2.75, 3.05) is 13.4 Å². The van der Waals surface area contributed by atoms with E-state index in [0.717, 1.165) is 21.8 Å². The summed E-state index contributed by atoms with van der Waals surface area (Å²) in [6.07, 6.45) is 1.98. The maximum absolute atomic E-state index is 11.7. The average molecular weight is 339 g/mol. The summed E-state index contributed by atoms with van der Waals surface area (Å²) in [5, 5.41) is 10.2. The summed E-state index contributed by atoms with van der Waals surface area (Å²) in [7, 11) is 1.63. The van der Waals surface area contributed by atoms with Gasteiger partial charge in [-0.2, -0.15) is 0 Å². The number of methoxy groups -OCH3 is 1. The third-order valence-corrected chi connectivity index (χ3v) is 4.66. The summed E-state index contributed by atoms with van der Waals surface area (Å²) >= 11 is 1.60. The minimum atomic E-state index is -0.953. The molecule has 0 spiro atoms. The fourth-order valence-corrected chi connectivity index (χ4v) is 3.13. The minimum absolute atomic E-state index is 0.260. The van der Waals surface area contributed by atoms with Crippen LogP contribution in [0.4, 0.5) is 0 Å². The Kier molecular flexibility index (Phi) is 4.44. The number of carbonyl (C=O) groups is 1. The van der Waals surface area contributed by atoms with Crippen molar-refractivity contribution in [3.8, 4) is 17.0 Å². The predicted molar refractivity (Wildman–Crippen MR) is 97.2 cm³/mol. The second-order valence-electron chi connectivity index (χ2n) is 5.43. The lowest BCUT2D eigenvalue weighted by molar-refractivity contribution is 0.0699. The molecule has 0 aliphatic rings. The zero-order chi connectivity index (χ0) is 17.3. The van der Waals surface area contributed by atoms with Gasteiger partial charge in [-0.25, -0.2) is 9.78 Å². The first-order chi connectivity index (χ1) is 11.5. The van der Waals surface area contributed by atoms with Crippen LogP contribution in [0.2, 0.25) is 0 Å². The Balaban J connectivity index is 2.24. The molecule has 4 nitrogen and oxygen atoms in total. The second-order valence-corrected chi connectivity index (χ2v) is 6.31. The van der Waals surface area contributed by atoms with Crippen molar-refractivity contribution in [1.82, 2.24) is 4.98 Å². The molecule has 0 fully saturated rings. The number of carboxylic acids is 1. The molecule has 3 aromatic rings. The Morgan fingerprint density at radius 1 is 1.17 bits per heavy atom. The first-order valence-corrected chi connectivity index (χ1v) is 8.63. The number of thioether (sulfide) groups is 1. The molecule has 0 radical (unpaired) electrons. The van der Waals surface area contributed by atoms with E-state index in [0.29, 0.717) is 16.6 Å². The van der Waals surface area contributed by atoms with Crippen LogP contribution in [-0.2, 0) is 0 Å². The summed E-state index contributed by atoms with van der Waals surface area (Å²) in [6, 6.07) is 13.0. The number of benzene rings is 2. The van der Waals surface area contributed by atoms with Crippen molar-refractivity contribution < 1.29 is 14.6 Å². The van der Waals surface area contributed by atoms with E-state index in [4.69, 9.17) is 4.74 Å². The van der Waals surface area contributed by atoms with Crippen molar-refractivity contribution in [3.05, 3.63) is 53.6 Å². The highest BCUT2D eigenvalue weighted by molar-refractivity contribution is 7.98. The number of pyridine rings is 1. The molecule has 1 aromatic heterocycles. The Bertz CT molecular complexity index is 937. The molecule has 0 atom stereocenters.